The van der Waals surface area contributed by atoms with Crippen LogP contribution in [0.3, 0.4) is 0 Å². The molecule has 11 rings (SSSR count). The van der Waals surface area contributed by atoms with E-state index in [-0.39, 0.29) is 0 Å². The maximum atomic E-state index is 5.28. The molecule has 0 spiro atoms. The fourth-order valence-electron chi connectivity index (χ4n) is 7.88. The number of nitrogens with zero attached hydrogens (tertiary/aromatic N) is 6. The van der Waals surface area contributed by atoms with Crippen LogP contribution in [0.5, 0.6) is 0 Å². The summed E-state index contributed by atoms with van der Waals surface area (Å²) in [5.41, 5.74) is 11.6. The fourth-order valence-corrected chi connectivity index (χ4v) is 7.88. The van der Waals surface area contributed by atoms with E-state index < -0.39 is 0 Å². The average molecular weight is 601 g/mol. The standard InChI is InChI=1S/C41H24N6/c1-3-10-25(11-4-1)45-32-15-8-7-14-27(32)28-17-18-30-36-33(46(40(30)39(28)45)26-12-5-2-6-13-26)20-19-29-37(36)41-44-31-21-23-42-24-35(31)47(41)34-16-9-22-43-38(29)34/h1-24H. The van der Waals surface area contributed by atoms with Crippen molar-refractivity contribution in [3.05, 3.63) is 146 Å². The second-order valence-corrected chi connectivity index (χ2v) is 12.1. The minimum absolute atomic E-state index is 0.907. The van der Waals surface area contributed by atoms with E-state index in [1.807, 2.05) is 30.7 Å². The van der Waals surface area contributed by atoms with Crippen LogP contribution in [0.1, 0.15) is 0 Å². The lowest BCUT2D eigenvalue weighted by Gasteiger charge is -2.12. The molecule has 0 aliphatic carbocycles. The lowest BCUT2D eigenvalue weighted by molar-refractivity contribution is 1.15. The fraction of sp³-hybridized carbons (Fsp3) is 0. The lowest BCUT2D eigenvalue weighted by Crippen LogP contribution is -1.98. The van der Waals surface area contributed by atoms with Crippen molar-refractivity contribution in [3.8, 4) is 11.4 Å². The predicted octanol–water partition coefficient (Wildman–Crippen LogP) is 9.78. The Kier molecular flexibility index (Phi) is 4.75. The molecule has 47 heavy (non-hydrogen) atoms. The summed E-state index contributed by atoms with van der Waals surface area (Å²) in [6.45, 7) is 0. The van der Waals surface area contributed by atoms with Gasteiger partial charge in [-0.05, 0) is 60.7 Å². The third-order valence-electron chi connectivity index (χ3n) is 9.72. The van der Waals surface area contributed by atoms with Gasteiger partial charge in [0.2, 0.25) is 0 Å². The van der Waals surface area contributed by atoms with Gasteiger partial charge in [-0.3, -0.25) is 14.4 Å². The molecule has 0 saturated heterocycles. The quantitative estimate of drug-likeness (QED) is 0.186. The molecule has 0 amide bonds. The molecule has 0 aliphatic rings. The Hall–Kier alpha value is -6.53. The lowest BCUT2D eigenvalue weighted by atomic mass is 10.0. The van der Waals surface area contributed by atoms with Gasteiger partial charge in [-0.1, -0.05) is 66.7 Å². The maximum absolute atomic E-state index is 5.28. The number of aromatic nitrogens is 6. The van der Waals surface area contributed by atoms with Gasteiger partial charge in [0.15, 0.2) is 0 Å². The van der Waals surface area contributed by atoms with Gasteiger partial charge in [-0.25, -0.2) is 4.98 Å². The van der Waals surface area contributed by atoms with Gasteiger partial charge in [0.1, 0.15) is 5.65 Å². The highest BCUT2D eigenvalue weighted by Gasteiger charge is 2.25. The van der Waals surface area contributed by atoms with Crippen LogP contribution in [0.4, 0.5) is 0 Å². The van der Waals surface area contributed by atoms with Gasteiger partial charge in [0.05, 0.1) is 50.3 Å². The summed E-state index contributed by atoms with van der Waals surface area (Å²) < 4.78 is 7.10. The molecule has 11 aromatic rings. The Morgan fingerprint density at radius 3 is 1.96 bits per heavy atom. The molecule has 5 aromatic carbocycles. The maximum Gasteiger partial charge on any atom is 0.147 e. The zero-order valence-corrected chi connectivity index (χ0v) is 25.0. The first-order chi connectivity index (χ1) is 23.4. The highest BCUT2D eigenvalue weighted by atomic mass is 15.1. The van der Waals surface area contributed by atoms with Crippen molar-refractivity contribution in [2.45, 2.75) is 0 Å². The first-order valence-corrected chi connectivity index (χ1v) is 15.8. The zero-order valence-electron chi connectivity index (χ0n) is 25.0. The van der Waals surface area contributed by atoms with Crippen molar-refractivity contribution < 1.29 is 0 Å². The van der Waals surface area contributed by atoms with Gasteiger partial charge in [-0.2, -0.15) is 0 Å². The number of fused-ring (bicyclic) bond motifs is 16. The zero-order chi connectivity index (χ0) is 30.6. The molecule has 0 radical (unpaired) electrons. The summed E-state index contributed by atoms with van der Waals surface area (Å²) in [6, 6.07) is 45.3. The first kappa shape index (κ1) is 24.8. The molecular weight excluding hydrogens is 576 g/mol. The Labute approximate surface area is 267 Å². The van der Waals surface area contributed by atoms with Crippen molar-refractivity contribution >= 4 is 82.1 Å². The second kappa shape index (κ2) is 9.02. The Bertz CT molecular complexity index is 3060. The predicted molar refractivity (Wildman–Crippen MR) is 192 cm³/mol. The summed E-state index contributed by atoms with van der Waals surface area (Å²) in [6.07, 6.45) is 5.60. The molecule has 0 atom stereocenters. The van der Waals surface area contributed by atoms with E-state index in [0.717, 1.165) is 66.3 Å². The molecule has 6 heteroatoms. The molecule has 0 N–H and O–H groups in total. The number of hydrogen-bond acceptors (Lipinski definition) is 3. The molecule has 6 aromatic heterocycles. The van der Waals surface area contributed by atoms with Gasteiger partial charge in [0, 0.05) is 56.1 Å². The van der Waals surface area contributed by atoms with E-state index in [0.29, 0.717) is 0 Å². The Morgan fingerprint density at radius 2 is 1.13 bits per heavy atom. The highest BCUT2D eigenvalue weighted by molar-refractivity contribution is 6.32. The first-order valence-electron chi connectivity index (χ1n) is 15.8. The third-order valence-corrected chi connectivity index (χ3v) is 9.72. The van der Waals surface area contributed by atoms with Crippen LogP contribution in [0.25, 0.3) is 93.5 Å². The normalized spacial score (nSPS) is 12.3. The molecule has 0 aliphatic heterocycles. The van der Waals surface area contributed by atoms with Gasteiger partial charge < -0.3 is 9.13 Å². The number of rotatable bonds is 2. The Morgan fingerprint density at radius 1 is 0.447 bits per heavy atom. The summed E-state index contributed by atoms with van der Waals surface area (Å²) in [5, 5.41) is 6.95. The molecule has 0 bridgehead atoms. The van der Waals surface area contributed by atoms with E-state index >= 15 is 0 Å². The molecule has 6 heterocycles. The highest BCUT2D eigenvalue weighted by Crippen LogP contribution is 2.45. The van der Waals surface area contributed by atoms with Crippen LogP contribution in [-0.4, -0.2) is 28.5 Å². The van der Waals surface area contributed by atoms with Crippen molar-refractivity contribution in [2.24, 2.45) is 0 Å². The van der Waals surface area contributed by atoms with Crippen molar-refractivity contribution in [2.75, 3.05) is 0 Å². The summed E-state index contributed by atoms with van der Waals surface area (Å²) in [4.78, 5) is 14.7. The topological polar surface area (TPSA) is 52.9 Å². The van der Waals surface area contributed by atoms with Crippen molar-refractivity contribution in [1.82, 2.24) is 28.5 Å². The van der Waals surface area contributed by atoms with Crippen LogP contribution < -0.4 is 0 Å². The number of pyridine rings is 3. The number of imidazole rings is 1. The van der Waals surface area contributed by atoms with Crippen molar-refractivity contribution in [1.29, 1.82) is 0 Å². The average Bonchev–Trinajstić information content (AvgIpc) is 3.80. The van der Waals surface area contributed by atoms with Gasteiger partial charge in [-0.15, -0.1) is 0 Å². The summed E-state index contributed by atoms with van der Waals surface area (Å²) in [7, 11) is 0. The molecule has 0 unspecified atom stereocenters. The summed E-state index contributed by atoms with van der Waals surface area (Å²) in [5.74, 6) is 0. The summed E-state index contributed by atoms with van der Waals surface area (Å²) >= 11 is 0. The third kappa shape index (κ3) is 3.16. The van der Waals surface area contributed by atoms with Crippen LogP contribution in [0.15, 0.2) is 146 Å². The van der Waals surface area contributed by atoms with E-state index in [9.17, 15) is 0 Å². The van der Waals surface area contributed by atoms with Crippen LogP contribution >= 0.6 is 0 Å². The number of benzene rings is 5. The van der Waals surface area contributed by atoms with Gasteiger partial charge >= 0.3 is 0 Å². The van der Waals surface area contributed by atoms with E-state index in [2.05, 4.69) is 134 Å². The molecule has 0 fully saturated rings. The smallest absolute Gasteiger partial charge is 0.147 e. The minimum Gasteiger partial charge on any atom is -0.307 e. The minimum atomic E-state index is 0.907. The largest absolute Gasteiger partial charge is 0.307 e. The monoisotopic (exact) mass is 600 g/mol. The van der Waals surface area contributed by atoms with Crippen LogP contribution in [0.2, 0.25) is 0 Å². The number of para-hydroxylation sites is 3. The van der Waals surface area contributed by atoms with E-state index in [1.165, 1.54) is 27.2 Å². The number of hydrogen-bond donors (Lipinski definition) is 0. The molecule has 6 nitrogen and oxygen atoms in total. The van der Waals surface area contributed by atoms with Crippen LogP contribution in [-0.2, 0) is 0 Å². The van der Waals surface area contributed by atoms with Crippen molar-refractivity contribution in [3.63, 3.8) is 0 Å². The second-order valence-electron chi connectivity index (χ2n) is 12.1. The Balaban J connectivity index is 1.47. The molecule has 218 valence electrons. The molecule has 0 saturated carbocycles. The van der Waals surface area contributed by atoms with Gasteiger partial charge in [0.25, 0.3) is 0 Å². The van der Waals surface area contributed by atoms with Crippen LogP contribution in [0, 0.1) is 0 Å². The van der Waals surface area contributed by atoms with E-state index in [1.54, 1.807) is 0 Å². The SMILES string of the molecule is c1ccc(-n2c3ccccc3c3ccc4c5c6c(ccc5n(-c5ccccc5)c4c32)c2ncccc2n2c3cnccc3nc62)cc1. The molecular formula is C41H24N6. The van der Waals surface area contributed by atoms with E-state index in [4.69, 9.17) is 9.97 Å².